The maximum absolute atomic E-state index is 14.4. The number of carbonyl (C=O) groups excluding carboxylic acids is 1. The van der Waals surface area contributed by atoms with Gasteiger partial charge in [-0.15, -0.1) is 0 Å². The van der Waals surface area contributed by atoms with Gasteiger partial charge in [0, 0.05) is 31.3 Å². The van der Waals surface area contributed by atoms with E-state index >= 15 is 0 Å². The molecule has 0 unspecified atom stereocenters. The molecule has 9 heteroatoms. The largest absolute Gasteiger partial charge is 0.490 e. The Bertz CT molecular complexity index is 1160. The van der Waals surface area contributed by atoms with Crippen LogP contribution in [0.5, 0.6) is 5.75 Å². The normalized spacial score (nSPS) is 14.9. The number of ether oxygens (including phenoxy) is 2. The summed E-state index contributed by atoms with van der Waals surface area (Å²) in [4.78, 5) is 22.5. The zero-order valence-corrected chi connectivity index (χ0v) is 19.5. The Balaban J connectivity index is 1.46. The number of likely N-dealkylation sites (tertiary alicyclic amines) is 1. The first kappa shape index (κ1) is 23.0. The first-order valence-electron chi connectivity index (χ1n) is 10.8. The Morgan fingerprint density at radius 1 is 1.18 bits per heavy atom. The second kappa shape index (κ2) is 9.39. The molecule has 2 heterocycles. The zero-order valence-electron chi connectivity index (χ0n) is 18.8. The maximum Gasteiger partial charge on any atom is 0.410 e. The van der Waals surface area contributed by atoms with Crippen molar-refractivity contribution in [2.45, 2.75) is 45.3 Å². The molecule has 174 valence electrons. The minimum Gasteiger partial charge on any atom is -0.490 e. The lowest BCUT2D eigenvalue weighted by Gasteiger charge is -2.33. The van der Waals surface area contributed by atoms with Gasteiger partial charge in [-0.3, -0.25) is 0 Å². The third kappa shape index (κ3) is 5.63. The van der Waals surface area contributed by atoms with E-state index in [1.54, 1.807) is 17.0 Å². The van der Waals surface area contributed by atoms with Crippen LogP contribution >= 0.6 is 11.6 Å². The van der Waals surface area contributed by atoms with Crippen LogP contribution in [0, 0.1) is 5.82 Å². The number of halogens is 2. The number of carbonyl (C=O) groups is 1. The average Bonchev–Trinajstić information content (AvgIpc) is 2.76. The van der Waals surface area contributed by atoms with Crippen LogP contribution in [0.1, 0.15) is 33.6 Å². The fourth-order valence-electron chi connectivity index (χ4n) is 3.61. The number of piperidine rings is 1. The highest BCUT2D eigenvalue weighted by atomic mass is 35.5. The summed E-state index contributed by atoms with van der Waals surface area (Å²) in [6.07, 6.45) is 2.48. The average molecular weight is 473 g/mol. The molecule has 0 saturated carbocycles. The molecule has 7 nitrogen and oxygen atoms in total. The van der Waals surface area contributed by atoms with Crippen LogP contribution in [-0.4, -0.2) is 45.8 Å². The lowest BCUT2D eigenvalue weighted by Crippen LogP contribution is -2.44. The van der Waals surface area contributed by atoms with Gasteiger partial charge in [0.05, 0.1) is 16.2 Å². The predicted octanol–water partition coefficient (Wildman–Crippen LogP) is 5.94. The topological polar surface area (TPSA) is 76.6 Å². The van der Waals surface area contributed by atoms with Crippen molar-refractivity contribution in [2.75, 3.05) is 18.4 Å². The molecule has 0 radical (unpaired) electrons. The van der Waals surface area contributed by atoms with Crippen molar-refractivity contribution in [3.63, 3.8) is 0 Å². The van der Waals surface area contributed by atoms with E-state index in [0.29, 0.717) is 48.4 Å². The highest BCUT2D eigenvalue weighted by molar-refractivity contribution is 6.31. The van der Waals surface area contributed by atoms with Gasteiger partial charge in [-0.05, 0) is 51.1 Å². The van der Waals surface area contributed by atoms with Crippen molar-refractivity contribution in [1.82, 2.24) is 14.9 Å². The molecule has 4 rings (SSSR count). The van der Waals surface area contributed by atoms with E-state index in [1.165, 1.54) is 12.4 Å². The number of hydrogen-bond acceptors (Lipinski definition) is 6. The smallest absolute Gasteiger partial charge is 0.410 e. The van der Waals surface area contributed by atoms with Crippen LogP contribution in [0.25, 0.3) is 10.9 Å². The van der Waals surface area contributed by atoms with Gasteiger partial charge in [-0.1, -0.05) is 17.7 Å². The summed E-state index contributed by atoms with van der Waals surface area (Å²) >= 11 is 5.89. The Morgan fingerprint density at radius 2 is 1.94 bits per heavy atom. The summed E-state index contributed by atoms with van der Waals surface area (Å²) in [7, 11) is 0. The van der Waals surface area contributed by atoms with Gasteiger partial charge in [-0.25, -0.2) is 19.2 Å². The Hall–Kier alpha value is -3.13. The number of nitrogens with one attached hydrogen (secondary N) is 1. The van der Waals surface area contributed by atoms with Crippen molar-refractivity contribution in [1.29, 1.82) is 0 Å². The maximum atomic E-state index is 14.4. The lowest BCUT2D eigenvalue weighted by molar-refractivity contribution is 0.0127. The molecule has 33 heavy (non-hydrogen) atoms. The van der Waals surface area contributed by atoms with Crippen LogP contribution in [0.2, 0.25) is 5.02 Å². The number of rotatable bonds is 4. The molecule has 1 N–H and O–H groups in total. The number of fused-ring (bicyclic) bond motifs is 1. The molecule has 1 aliphatic rings. The molecule has 0 aliphatic carbocycles. The van der Waals surface area contributed by atoms with E-state index in [-0.39, 0.29) is 22.9 Å². The SMILES string of the molecule is CC(C)(C)OC(=O)N1CCC(Oc2ccc3ncnc(Nc4cccc(Cl)c4F)c3c2)CC1. The van der Waals surface area contributed by atoms with E-state index in [2.05, 4.69) is 15.3 Å². The molecule has 1 aromatic heterocycles. The molecule has 1 aliphatic heterocycles. The summed E-state index contributed by atoms with van der Waals surface area (Å²) in [6, 6.07) is 10.3. The van der Waals surface area contributed by atoms with E-state index < -0.39 is 11.4 Å². The van der Waals surface area contributed by atoms with Gasteiger partial charge in [0.1, 0.15) is 29.6 Å². The van der Waals surface area contributed by atoms with Gasteiger partial charge < -0.3 is 19.7 Å². The van der Waals surface area contributed by atoms with Gasteiger partial charge >= 0.3 is 6.09 Å². The zero-order chi connectivity index (χ0) is 23.6. The van der Waals surface area contributed by atoms with Crippen LogP contribution < -0.4 is 10.1 Å². The second-order valence-corrected chi connectivity index (χ2v) is 9.32. The fraction of sp³-hybridized carbons (Fsp3) is 0.375. The van der Waals surface area contributed by atoms with Crippen molar-refractivity contribution in [3.8, 4) is 5.75 Å². The molecular formula is C24H26ClFN4O3. The van der Waals surface area contributed by atoms with Gasteiger partial charge in [0.15, 0.2) is 5.82 Å². The summed E-state index contributed by atoms with van der Waals surface area (Å²) < 4.78 is 26.0. The van der Waals surface area contributed by atoms with Gasteiger partial charge in [-0.2, -0.15) is 0 Å². The number of nitrogens with zero attached hydrogens (tertiary/aromatic N) is 3. The van der Waals surface area contributed by atoms with E-state index in [0.717, 1.165) is 0 Å². The molecule has 0 bridgehead atoms. The monoisotopic (exact) mass is 472 g/mol. The first-order valence-corrected chi connectivity index (χ1v) is 11.2. The Labute approximate surface area is 196 Å². The molecule has 2 aromatic carbocycles. The fourth-order valence-corrected chi connectivity index (χ4v) is 3.79. The number of amides is 1. The van der Waals surface area contributed by atoms with Gasteiger partial charge in [0.2, 0.25) is 0 Å². The summed E-state index contributed by atoms with van der Waals surface area (Å²) in [5.74, 6) is 0.559. The van der Waals surface area contributed by atoms with E-state index in [9.17, 15) is 9.18 Å². The highest BCUT2D eigenvalue weighted by Gasteiger charge is 2.27. The number of anilines is 2. The van der Waals surface area contributed by atoms with Crippen molar-refractivity contribution in [2.24, 2.45) is 0 Å². The summed E-state index contributed by atoms with van der Waals surface area (Å²) in [5.41, 5.74) is 0.405. The highest BCUT2D eigenvalue weighted by Crippen LogP contribution is 2.30. The molecular weight excluding hydrogens is 447 g/mol. The van der Waals surface area contributed by atoms with Crippen LogP contribution in [0.15, 0.2) is 42.7 Å². The van der Waals surface area contributed by atoms with Crippen LogP contribution in [0.3, 0.4) is 0 Å². The lowest BCUT2D eigenvalue weighted by atomic mass is 10.1. The molecule has 3 aromatic rings. The molecule has 1 fully saturated rings. The van der Waals surface area contributed by atoms with E-state index in [4.69, 9.17) is 21.1 Å². The quantitative estimate of drug-likeness (QED) is 0.506. The van der Waals surface area contributed by atoms with Crippen LogP contribution in [-0.2, 0) is 4.74 Å². The summed E-state index contributed by atoms with van der Waals surface area (Å²) in [5, 5.41) is 3.72. The minimum atomic E-state index is -0.546. The van der Waals surface area contributed by atoms with Crippen molar-refractivity contribution < 1.29 is 18.7 Å². The summed E-state index contributed by atoms with van der Waals surface area (Å²) in [6.45, 7) is 6.70. The second-order valence-electron chi connectivity index (χ2n) is 8.91. The third-order valence-electron chi connectivity index (χ3n) is 5.21. The van der Waals surface area contributed by atoms with Crippen LogP contribution in [0.4, 0.5) is 20.7 Å². The van der Waals surface area contributed by atoms with Gasteiger partial charge in [0.25, 0.3) is 0 Å². The Kier molecular flexibility index (Phi) is 6.56. The first-order chi connectivity index (χ1) is 15.7. The Morgan fingerprint density at radius 3 is 2.67 bits per heavy atom. The molecule has 1 amide bonds. The molecule has 0 atom stereocenters. The minimum absolute atomic E-state index is 0.0279. The standard InChI is InChI=1S/C24H26ClFN4O3/c1-24(2,3)33-23(31)30-11-9-15(10-12-30)32-16-7-8-19-17(13-16)22(28-14-27-19)29-20-6-4-5-18(25)21(20)26/h4-8,13-15H,9-12H2,1-3H3,(H,27,28,29). The number of benzene rings is 2. The number of aromatic nitrogens is 2. The number of hydrogen-bond donors (Lipinski definition) is 1. The van der Waals surface area contributed by atoms with Crippen molar-refractivity contribution in [3.05, 3.63) is 53.6 Å². The molecule has 0 spiro atoms. The third-order valence-corrected chi connectivity index (χ3v) is 5.50. The molecule has 1 saturated heterocycles. The van der Waals surface area contributed by atoms with E-state index in [1.807, 2.05) is 39.0 Å². The van der Waals surface area contributed by atoms with Crippen molar-refractivity contribution >= 4 is 40.1 Å². The predicted molar refractivity (Wildman–Crippen MR) is 126 cm³/mol.